The van der Waals surface area contributed by atoms with Crippen LogP contribution in [0.15, 0.2) is 64.4 Å². The topological polar surface area (TPSA) is 68.4 Å². The highest BCUT2D eigenvalue weighted by atomic mass is 35.5. The lowest BCUT2D eigenvalue weighted by Crippen LogP contribution is -2.22. The van der Waals surface area contributed by atoms with Crippen LogP contribution in [-0.2, 0) is 6.42 Å². The molecule has 2 aliphatic rings. The van der Waals surface area contributed by atoms with Gasteiger partial charge in [0.05, 0.1) is 5.56 Å². The molecule has 0 saturated heterocycles. The van der Waals surface area contributed by atoms with Gasteiger partial charge in [0.2, 0.25) is 0 Å². The second-order valence-electron chi connectivity index (χ2n) is 7.65. The highest BCUT2D eigenvalue weighted by molar-refractivity contribution is 6.32. The number of ketones is 1. The molecule has 1 aliphatic heterocycles. The monoisotopic (exact) mass is 445 g/mol. The van der Waals surface area contributed by atoms with Gasteiger partial charge in [-0.25, -0.2) is 0 Å². The molecular formula is C26H20ClNO4. The minimum Gasteiger partial charge on any atom is -0.486 e. The number of allylic oxidation sites excluding steroid dienone is 2. The molecule has 0 saturated carbocycles. The summed E-state index contributed by atoms with van der Waals surface area (Å²) in [6, 6.07) is 14.9. The molecule has 2 aromatic carbocycles. The van der Waals surface area contributed by atoms with Crippen LogP contribution in [0, 0.1) is 0 Å². The van der Waals surface area contributed by atoms with E-state index in [1.807, 2.05) is 54.6 Å². The molecule has 0 radical (unpaired) electrons. The second kappa shape index (κ2) is 8.52. The summed E-state index contributed by atoms with van der Waals surface area (Å²) in [6.45, 7) is 1.00. The standard InChI is InChI=1S/C26H20ClNO4/c27-18-8-9-20-19(15-18)24(17-4-2-1-3-5-17)25(26(30)28-20)21(29)10-6-16-7-11-22-23(14-16)32-13-12-31-22/h1-7,10-11,14-15H,8-9,12-13H2,(H,28,30). The number of aromatic nitrogens is 1. The van der Waals surface area contributed by atoms with E-state index in [2.05, 4.69) is 4.98 Å². The van der Waals surface area contributed by atoms with Gasteiger partial charge >= 0.3 is 0 Å². The Bertz CT molecular complexity index is 1320. The van der Waals surface area contributed by atoms with Gasteiger partial charge in [-0.1, -0.05) is 54.1 Å². The zero-order valence-corrected chi connectivity index (χ0v) is 17.9. The summed E-state index contributed by atoms with van der Waals surface area (Å²) in [5.41, 5.74) is 3.49. The summed E-state index contributed by atoms with van der Waals surface area (Å²) < 4.78 is 11.1. The maximum absolute atomic E-state index is 13.3. The number of nitrogens with one attached hydrogen (secondary N) is 1. The number of pyridine rings is 1. The van der Waals surface area contributed by atoms with Crippen molar-refractivity contribution in [2.24, 2.45) is 0 Å². The van der Waals surface area contributed by atoms with Crippen molar-refractivity contribution in [1.82, 2.24) is 4.98 Å². The summed E-state index contributed by atoms with van der Waals surface area (Å²) in [7, 11) is 0. The quantitative estimate of drug-likeness (QED) is 0.440. The molecule has 0 fully saturated rings. The van der Waals surface area contributed by atoms with Gasteiger partial charge in [0, 0.05) is 21.9 Å². The molecule has 5 nitrogen and oxygen atoms in total. The van der Waals surface area contributed by atoms with Gasteiger partial charge in [-0.3, -0.25) is 9.59 Å². The molecule has 1 aliphatic carbocycles. The number of carbonyl (C=O) groups is 1. The number of carbonyl (C=O) groups excluding carboxylic acids is 1. The molecule has 6 heteroatoms. The van der Waals surface area contributed by atoms with Gasteiger partial charge in [-0.15, -0.1) is 0 Å². The zero-order valence-electron chi connectivity index (χ0n) is 17.2. The number of rotatable bonds is 4. The van der Waals surface area contributed by atoms with Crippen LogP contribution in [0.2, 0.25) is 0 Å². The maximum atomic E-state index is 13.3. The number of aromatic amines is 1. The van der Waals surface area contributed by atoms with Crippen LogP contribution < -0.4 is 15.0 Å². The fourth-order valence-electron chi connectivity index (χ4n) is 4.05. The summed E-state index contributed by atoms with van der Waals surface area (Å²) in [5.74, 6) is 0.945. The fourth-order valence-corrected chi connectivity index (χ4v) is 4.26. The van der Waals surface area contributed by atoms with E-state index in [1.54, 1.807) is 6.08 Å². The van der Waals surface area contributed by atoms with Crippen molar-refractivity contribution in [3.63, 3.8) is 0 Å². The second-order valence-corrected chi connectivity index (χ2v) is 8.14. The predicted molar refractivity (Wildman–Crippen MR) is 125 cm³/mol. The average molecular weight is 446 g/mol. The van der Waals surface area contributed by atoms with Crippen LogP contribution in [0.25, 0.3) is 23.3 Å². The van der Waals surface area contributed by atoms with Gasteiger partial charge in [-0.2, -0.15) is 0 Å². The number of hydrogen-bond donors (Lipinski definition) is 1. The van der Waals surface area contributed by atoms with Crippen LogP contribution in [0.3, 0.4) is 0 Å². The number of halogens is 1. The first-order valence-electron chi connectivity index (χ1n) is 10.4. The summed E-state index contributed by atoms with van der Waals surface area (Å²) >= 11 is 6.32. The SMILES string of the molecule is O=C(C=Cc1ccc2c(c1)OCCO2)c1c(-c2ccccc2)c2c([nH]c1=O)CCC(Cl)=C2. The van der Waals surface area contributed by atoms with E-state index in [1.165, 1.54) is 6.08 Å². The molecule has 5 rings (SSSR count). The number of aryl methyl sites for hydroxylation is 1. The Hall–Kier alpha value is -3.57. The van der Waals surface area contributed by atoms with Crippen LogP contribution in [0.4, 0.5) is 0 Å². The first-order chi connectivity index (χ1) is 15.6. The third-order valence-electron chi connectivity index (χ3n) is 5.55. The van der Waals surface area contributed by atoms with E-state index >= 15 is 0 Å². The molecule has 160 valence electrons. The Morgan fingerprint density at radius 1 is 1.00 bits per heavy atom. The molecule has 32 heavy (non-hydrogen) atoms. The largest absolute Gasteiger partial charge is 0.486 e. The average Bonchev–Trinajstić information content (AvgIpc) is 2.82. The van der Waals surface area contributed by atoms with Crippen LogP contribution in [-0.4, -0.2) is 24.0 Å². The molecule has 0 bridgehead atoms. The van der Waals surface area contributed by atoms with Gasteiger partial charge < -0.3 is 14.5 Å². The Balaban J connectivity index is 1.59. The molecule has 0 unspecified atom stereocenters. The highest BCUT2D eigenvalue weighted by Crippen LogP contribution is 2.35. The lowest BCUT2D eigenvalue weighted by Gasteiger charge is -2.19. The lowest BCUT2D eigenvalue weighted by molar-refractivity contribution is 0.104. The Morgan fingerprint density at radius 2 is 1.78 bits per heavy atom. The molecule has 0 spiro atoms. The van der Waals surface area contributed by atoms with E-state index in [9.17, 15) is 9.59 Å². The van der Waals surface area contributed by atoms with Crippen LogP contribution in [0.5, 0.6) is 11.5 Å². The molecule has 0 atom stereocenters. The van der Waals surface area contributed by atoms with Gasteiger partial charge in [0.25, 0.3) is 5.56 Å². The van der Waals surface area contributed by atoms with Gasteiger partial charge in [0.1, 0.15) is 13.2 Å². The third-order valence-corrected chi connectivity index (χ3v) is 5.85. The van der Waals surface area contributed by atoms with E-state index in [0.29, 0.717) is 48.2 Å². The Morgan fingerprint density at radius 3 is 2.59 bits per heavy atom. The lowest BCUT2D eigenvalue weighted by atomic mass is 9.89. The highest BCUT2D eigenvalue weighted by Gasteiger charge is 2.23. The Kier molecular flexibility index (Phi) is 5.41. The van der Waals surface area contributed by atoms with Crippen LogP contribution >= 0.6 is 11.6 Å². The van der Waals surface area contributed by atoms with E-state index in [4.69, 9.17) is 21.1 Å². The maximum Gasteiger partial charge on any atom is 0.260 e. The first kappa shape index (κ1) is 20.3. The Labute approximate surface area is 190 Å². The molecule has 2 heterocycles. The van der Waals surface area contributed by atoms with Crippen molar-refractivity contribution in [2.45, 2.75) is 12.8 Å². The van der Waals surface area contributed by atoms with Crippen molar-refractivity contribution < 1.29 is 14.3 Å². The third kappa shape index (κ3) is 3.87. The summed E-state index contributed by atoms with van der Waals surface area (Å²) in [6.07, 6.45) is 6.23. The zero-order chi connectivity index (χ0) is 22.1. The van der Waals surface area contributed by atoms with Crippen molar-refractivity contribution in [2.75, 3.05) is 13.2 Å². The van der Waals surface area contributed by atoms with E-state index in [0.717, 1.165) is 22.4 Å². The van der Waals surface area contributed by atoms with Gasteiger partial charge in [-0.05, 0) is 48.3 Å². The number of ether oxygens (including phenoxy) is 2. The molecule has 0 amide bonds. The number of benzene rings is 2. The summed E-state index contributed by atoms with van der Waals surface area (Å²) in [5, 5.41) is 0.701. The normalized spacial score (nSPS) is 14.7. The van der Waals surface area contributed by atoms with Crippen molar-refractivity contribution in [3.05, 3.63) is 92.4 Å². The van der Waals surface area contributed by atoms with Gasteiger partial charge in [0.15, 0.2) is 17.3 Å². The first-order valence-corrected chi connectivity index (χ1v) is 10.8. The molecule has 1 N–H and O–H groups in total. The van der Waals surface area contributed by atoms with Crippen molar-refractivity contribution >= 4 is 29.5 Å². The minimum absolute atomic E-state index is 0.103. The van der Waals surface area contributed by atoms with E-state index < -0.39 is 5.56 Å². The van der Waals surface area contributed by atoms with Crippen LogP contribution in [0.1, 0.15) is 33.6 Å². The number of fused-ring (bicyclic) bond motifs is 2. The summed E-state index contributed by atoms with van der Waals surface area (Å²) in [4.78, 5) is 29.2. The fraction of sp³-hybridized carbons (Fsp3) is 0.154. The van der Waals surface area contributed by atoms with Crippen molar-refractivity contribution in [1.29, 1.82) is 0 Å². The number of hydrogen-bond acceptors (Lipinski definition) is 4. The minimum atomic E-state index is -0.397. The van der Waals surface area contributed by atoms with E-state index in [-0.39, 0.29) is 11.3 Å². The number of H-pyrrole nitrogens is 1. The molecule has 3 aromatic rings. The molecule has 1 aromatic heterocycles. The predicted octanol–water partition coefficient (Wildman–Crippen LogP) is 5.24. The molecular weight excluding hydrogens is 426 g/mol. The van der Waals surface area contributed by atoms with Crippen molar-refractivity contribution in [3.8, 4) is 22.6 Å². The smallest absolute Gasteiger partial charge is 0.260 e.